The van der Waals surface area contributed by atoms with Crippen LogP contribution in [0, 0.1) is 0 Å². The molecule has 0 saturated heterocycles. The minimum atomic E-state index is 0.582. The van der Waals surface area contributed by atoms with Crippen LogP contribution in [0.15, 0.2) is 176 Å². The fourth-order valence-corrected chi connectivity index (χ4v) is 5.82. The van der Waals surface area contributed by atoms with Crippen molar-refractivity contribution in [3.05, 3.63) is 176 Å². The standard InChI is InChI=1S/C43H29N5/c1-4-14-30(15-5-1)33-24-35(39-20-10-12-22-44-39)28-37(26-33)42-46-41(32-18-8-3-9-19-32)47-43(48-42)38-27-34(31-16-6-2-7-17-31)25-36(29-38)40-21-11-13-23-45-40/h1-29H. The van der Waals surface area contributed by atoms with Crippen molar-refractivity contribution in [3.63, 3.8) is 0 Å². The second kappa shape index (κ2) is 13.0. The van der Waals surface area contributed by atoms with Crippen molar-refractivity contribution >= 4 is 0 Å². The summed E-state index contributed by atoms with van der Waals surface area (Å²) in [6.45, 7) is 0. The Morgan fingerprint density at radius 3 is 0.979 bits per heavy atom. The van der Waals surface area contributed by atoms with Gasteiger partial charge in [0, 0.05) is 40.2 Å². The van der Waals surface area contributed by atoms with E-state index in [4.69, 9.17) is 15.0 Å². The fourth-order valence-electron chi connectivity index (χ4n) is 5.82. The molecule has 5 heteroatoms. The van der Waals surface area contributed by atoms with E-state index < -0.39 is 0 Å². The zero-order valence-corrected chi connectivity index (χ0v) is 26.0. The monoisotopic (exact) mass is 615 g/mol. The van der Waals surface area contributed by atoms with E-state index >= 15 is 0 Å². The molecule has 0 fully saturated rings. The van der Waals surface area contributed by atoms with Gasteiger partial charge < -0.3 is 0 Å². The van der Waals surface area contributed by atoms with E-state index in [1.807, 2.05) is 91.3 Å². The zero-order valence-electron chi connectivity index (χ0n) is 26.0. The van der Waals surface area contributed by atoms with Gasteiger partial charge in [0.2, 0.25) is 0 Å². The quantitative estimate of drug-likeness (QED) is 0.178. The summed E-state index contributed by atoms with van der Waals surface area (Å²) in [5, 5.41) is 0. The minimum Gasteiger partial charge on any atom is -0.256 e. The average molecular weight is 616 g/mol. The molecule has 3 heterocycles. The predicted octanol–water partition coefficient (Wildman–Crippen LogP) is 10.3. The minimum absolute atomic E-state index is 0.582. The Balaban J connectivity index is 1.36. The van der Waals surface area contributed by atoms with Gasteiger partial charge in [0.1, 0.15) is 0 Å². The molecule has 0 aliphatic heterocycles. The van der Waals surface area contributed by atoms with Gasteiger partial charge in [0.25, 0.3) is 0 Å². The molecular weight excluding hydrogens is 587 g/mol. The Morgan fingerprint density at radius 1 is 0.250 bits per heavy atom. The largest absolute Gasteiger partial charge is 0.256 e. The molecule has 0 radical (unpaired) electrons. The number of nitrogens with zero attached hydrogens (tertiary/aromatic N) is 5. The van der Waals surface area contributed by atoms with Crippen molar-refractivity contribution < 1.29 is 0 Å². The van der Waals surface area contributed by atoms with Crippen LogP contribution in [-0.4, -0.2) is 24.9 Å². The normalized spacial score (nSPS) is 10.9. The van der Waals surface area contributed by atoms with Crippen LogP contribution in [0.2, 0.25) is 0 Å². The molecule has 0 N–H and O–H groups in total. The van der Waals surface area contributed by atoms with Gasteiger partial charge in [-0.05, 0) is 82.9 Å². The molecule has 48 heavy (non-hydrogen) atoms. The van der Waals surface area contributed by atoms with E-state index in [-0.39, 0.29) is 0 Å². The topological polar surface area (TPSA) is 64.5 Å². The molecule has 0 unspecified atom stereocenters. The van der Waals surface area contributed by atoms with Crippen molar-refractivity contribution in [1.29, 1.82) is 0 Å². The number of rotatable bonds is 7. The maximum Gasteiger partial charge on any atom is 0.164 e. The van der Waals surface area contributed by atoms with Crippen LogP contribution in [0.5, 0.6) is 0 Å². The lowest BCUT2D eigenvalue weighted by Gasteiger charge is -2.13. The van der Waals surface area contributed by atoms with Crippen molar-refractivity contribution in [2.24, 2.45) is 0 Å². The molecule has 0 saturated carbocycles. The first-order valence-corrected chi connectivity index (χ1v) is 15.8. The number of hydrogen-bond acceptors (Lipinski definition) is 5. The molecular formula is C43H29N5. The van der Waals surface area contributed by atoms with Gasteiger partial charge in [0.15, 0.2) is 17.5 Å². The number of pyridine rings is 2. The van der Waals surface area contributed by atoms with E-state index in [1.54, 1.807) is 0 Å². The summed E-state index contributed by atoms with van der Waals surface area (Å²) >= 11 is 0. The van der Waals surface area contributed by atoms with Crippen LogP contribution in [0.1, 0.15) is 0 Å². The van der Waals surface area contributed by atoms with Crippen molar-refractivity contribution in [1.82, 2.24) is 24.9 Å². The van der Waals surface area contributed by atoms with Crippen LogP contribution in [0.25, 0.3) is 78.9 Å². The maximum absolute atomic E-state index is 5.18. The van der Waals surface area contributed by atoms with Crippen LogP contribution < -0.4 is 0 Å². The van der Waals surface area contributed by atoms with Crippen molar-refractivity contribution in [3.8, 4) is 78.9 Å². The molecule has 3 aromatic heterocycles. The summed E-state index contributed by atoms with van der Waals surface area (Å²) in [4.78, 5) is 24.7. The van der Waals surface area contributed by atoms with Crippen LogP contribution in [0.3, 0.4) is 0 Å². The second-order valence-electron chi connectivity index (χ2n) is 11.4. The fraction of sp³-hybridized carbons (Fsp3) is 0. The Labute approximate surface area is 279 Å². The van der Waals surface area contributed by atoms with E-state index in [2.05, 4.69) is 94.9 Å². The first-order chi connectivity index (χ1) is 23.8. The van der Waals surface area contributed by atoms with E-state index in [0.29, 0.717) is 17.5 Å². The van der Waals surface area contributed by atoms with E-state index in [9.17, 15) is 0 Å². The molecule has 8 rings (SSSR count). The van der Waals surface area contributed by atoms with Crippen molar-refractivity contribution in [2.45, 2.75) is 0 Å². The summed E-state index contributed by atoms with van der Waals surface area (Å²) < 4.78 is 0. The molecule has 0 spiro atoms. The third-order valence-electron chi connectivity index (χ3n) is 8.19. The molecule has 8 aromatic rings. The summed E-state index contributed by atoms with van der Waals surface area (Å²) in [5.74, 6) is 1.77. The molecule has 5 nitrogen and oxygen atoms in total. The average Bonchev–Trinajstić information content (AvgIpc) is 3.19. The summed E-state index contributed by atoms with van der Waals surface area (Å²) in [5.41, 5.74) is 10.7. The zero-order chi connectivity index (χ0) is 32.1. The van der Waals surface area contributed by atoms with Gasteiger partial charge >= 0.3 is 0 Å². The number of benzene rings is 5. The van der Waals surface area contributed by atoms with Crippen LogP contribution in [0.4, 0.5) is 0 Å². The van der Waals surface area contributed by atoms with Crippen molar-refractivity contribution in [2.75, 3.05) is 0 Å². The number of hydrogen-bond donors (Lipinski definition) is 0. The summed E-state index contributed by atoms with van der Waals surface area (Å²) in [6.07, 6.45) is 3.63. The lowest BCUT2D eigenvalue weighted by Crippen LogP contribution is -2.01. The Morgan fingerprint density at radius 2 is 0.583 bits per heavy atom. The van der Waals surface area contributed by atoms with Gasteiger partial charge in [-0.25, -0.2) is 15.0 Å². The molecule has 0 atom stereocenters. The maximum atomic E-state index is 5.18. The lowest BCUT2D eigenvalue weighted by molar-refractivity contribution is 1.07. The summed E-state index contributed by atoms with van der Waals surface area (Å²) in [6, 6.07) is 55.6. The SMILES string of the molecule is c1ccc(-c2cc(-c3ccccn3)cc(-c3nc(-c4ccccc4)nc(-c4cc(-c5ccccc5)cc(-c5ccccn5)c4)n3)c2)cc1. The first kappa shape index (κ1) is 28.9. The molecule has 0 amide bonds. The van der Waals surface area contributed by atoms with Gasteiger partial charge in [-0.1, -0.05) is 103 Å². The molecule has 5 aromatic carbocycles. The van der Waals surface area contributed by atoms with Gasteiger partial charge in [0.05, 0.1) is 11.4 Å². The van der Waals surface area contributed by atoms with Crippen LogP contribution in [-0.2, 0) is 0 Å². The lowest BCUT2D eigenvalue weighted by atomic mass is 9.97. The third kappa shape index (κ3) is 6.13. The first-order valence-electron chi connectivity index (χ1n) is 15.8. The molecule has 0 aliphatic rings. The molecule has 0 aliphatic carbocycles. The highest BCUT2D eigenvalue weighted by atomic mass is 15.0. The second-order valence-corrected chi connectivity index (χ2v) is 11.4. The Kier molecular flexibility index (Phi) is 7.83. The Hall–Kier alpha value is -6.59. The highest BCUT2D eigenvalue weighted by molar-refractivity contribution is 5.81. The van der Waals surface area contributed by atoms with Gasteiger partial charge in [-0.15, -0.1) is 0 Å². The Bertz CT molecular complexity index is 2050. The predicted molar refractivity (Wildman–Crippen MR) is 193 cm³/mol. The highest BCUT2D eigenvalue weighted by Gasteiger charge is 2.17. The van der Waals surface area contributed by atoms with E-state index in [0.717, 1.165) is 61.5 Å². The summed E-state index contributed by atoms with van der Waals surface area (Å²) in [7, 11) is 0. The molecule has 0 bridgehead atoms. The number of aromatic nitrogens is 5. The van der Waals surface area contributed by atoms with E-state index in [1.165, 1.54) is 0 Å². The third-order valence-corrected chi connectivity index (χ3v) is 8.19. The highest BCUT2D eigenvalue weighted by Crippen LogP contribution is 2.35. The van der Waals surface area contributed by atoms with Crippen LogP contribution >= 0.6 is 0 Å². The van der Waals surface area contributed by atoms with Gasteiger partial charge in [-0.3, -0.25) is 9.97 Å². The van der Waals surface area contributed by atoms with Gasteiger partial charge in [-0.2, -0.15) is 0 Å². The smallest absolute Gasteiger partial charge is 0.164 e. The molecule has 226 valence electrons.